The zero-order chi connectivity index (χ0) is 39.9. The van der Waals surface area contributed by atoms with E-state index in [1.807, 2.05) is 59.7 Å². The summed E-state index contributed by atoms with van der Waals surface area (Å²) in [6, 6.07) is 5.17. The van der Waals surface area contributed by atoms with Crippen LogP contribution < -0.4 is 21.1 Å². The molecule has 1 amide bonds. The number of aromatic nitrogens is 6. The van der Waals surface area contributed by atoms with Gasteiger partial charge in [0.05, 0.1) is 25.6 Å². The van der Waals surface area contributed by atoms with Gasteiger partial charge in [-0.2, -0.15) is 10.2 Å². The molecule has 15 heteroatoms. The first-order valence-electron chi connectivity index (χ1n) is 19.0. The fourth-order valence-electron chi connectivity index (χ4n) is 6.02. The molecule has 0 saturated carbocycles. The summed E-state index contributed by atoms with van der Waals surface area (Å²) >= 11 is 0. The highest BCUT2D eigenvalue weighted by molar-refractivity contribution is 5.78. The highest BCUT2D eigenvalue weighted by atomic mass is 16.6. The van der Waals surface area contributed by atoms with E-state index in [1.165, 1.54) is 0 Å². The number of tetrazole rings is 1. The van der Waals surface area contributed by atoms with E-state index in [0.717, 1.165) is 36.8 Å². The lowest BCUT2D eigenvalue weighted by molar-refractivity contribution is -0.156. The van der Waals surface area contributed by atoms with Gasteiger partial charge in [-0.05, 0) is 78.0 Å². The first kappa shape index (κ1) is 43.6. The van der Waals surface area contributed by atoms with E-state index in [0.29, 0.717) is 54.3 Å². The summed E-state index contributed by atoms with van der Waals surface area (Å²) in [7, 11) is 1.61. The van der Waals surface area contributed by atoms with Gasteiger partial charge in [0, 0.05) is 36.9 Å². The maximum atomic E-state index is 13.5. The number of hydrogen-bond acceptors (Lipinski definition) is 13. The van der Waals surface area contributed by atoms with Gasteiger partial charge in [0.1, 0.15) is 22.8 Å². The van der Waals surface area contributed by atoms with E-state index in [-0.39, 0.29) is 61.6 Å². The van der Waals surface area contributed by atoms with Crippen LogP contribution in [0.4, 0.5) is 11.8 Å². The molecular weight excluding hydrogens is 690 g/mol. The summed E-state index contributed by atoms with van der Waals surface area (Å²) in [4.78, 5) is 48.5. The number of H-pyrrole nitrogens is 1. The number of anilines is 2. The fourth-order valence-corrected chi connectivity index (χ4v) is 6.02. The highest BCUT2D eigenvalue weighted by Gasteiger charge is 2.25. The Labute approximate surface area is 319 Å². The minimum atomic E-state index is -0.629. The molecule has 0 saturated heterocycles. The second kappa shape index (κ2) is 20.6. The number of aromatic amines is 1. The predicted molar refractivity (Wildman–Crippen MR) is 207 cm³/mol. The molecule has 2 atom stereocenters. The van der Waals surface area contributed by atoms with E-state index >= 15 is 0 Å². The van der Waals surface area contributed by atoms with Gasteiger partial charge in [-0.3, -0.25) is 14.4 Å². The van der Waals surface area contributed by atoms with Crippen LogP contribution in [-0.4, -0.2) is 78.8 Å². The third kappa shape index (κ3) is 15.7. The lowest BCUT2D eigenvalue weighted by Gasteiger charge is -2.25. The van der Waals surface area contributed by atoms with E-state index in [4.69, 9.17) is 19.9 Å². The molecule has 15 nitrogen and oxygen atoms in total. The molecule has 0 aliphatic rings. The van der Waals surface area contributed by atoms with Crippen molar-refractivity contribution in [2.75, 3.05) is 18.2 Å². The predicted octanol–water partition coefficient (Wildman–Crippen LogP) is 5.80. The monoisotopic (exact) mass is 751 g/mol. The van der Waals surface area contributed by atoms with E-state index < -0.39 is 11.2 Å². The number of hydrogen-bond donors (Lipinski definition) is 4. The molecule has 298 valence electrons. The largest absolute Gasteiger partial charge is 0.496 e. The number of ether oxygens (including phenoxy) is 3. The van der Waals surface area contributed by atoms with E-state index in [1.54, 1.807) is 7.11 Å². The van der Waals surface area contributed by atoms with Crippen molar-refractivity contribution in [3.63, 3.8) is 0 Å². The molecule has 3 aromatic rings. The van der Waals surface area contributed by atoms with Crippen LogP contribution in [0.1, 0.15) is 141 Å². The van der Waals surface area contributed by atoms with Crippen LogP contribution in [0.15, 0.2) is 18.2 Å². The molecule has 2 heterocycles. The quantitative estimate of drug-likeness (QED) is 0.0950. The van der Waals surface area contributed by atoms with Gasteiger partial charge in [-0.15, -0.1) is 10.2 Å². The molecule has 0 aliphatic heterocycles. The Balaban J connectivity index is 1.99. The van der Waals surface area contributed by atoms with Crippen LogP contribution in [0, 0.1) is 0 Å². The molecule has 0 aliphatic carbocycles. The molecule has 0 spiro atoms. The van der Waals surface area contributed by atoms with Crippen molar-refractivity contribution >= 4 is 29.6 Å². The van der Waals surface area contributed by atoms with Crippen molar-refractivity contribution < 1.29 is 28.6 Å². The number of nitrogens with zero attached hydrogens (tertiary/aromatic N) is 5. The summed E-state index contributed by atoms with van der Waals surface area (Å²) in [5.74, 6) is 0.797. The molecular formula is C39H61N9O6. The van der Waals surface area contributed by atoms with Crippen molar-refractivity contribution in [2.45, 2.75) is 156 Å². The fraction of sp³-hybridized carbons (Fsp3) is 0.641. The Kier molecular flexibility index (Phi) is 16.6. The number of carbonyl (C=O) groups is 3. The zero-order valence-electron chi connectivity index (χ0n) is 33.6. The summed E-state index contributed by atoms with van der Waals surface area (Å²) < 4.78 is 17.0. The number of carbonyl (C=O) groups excluding carboxylic acids is 3. The average Bonchev–Trinajstić information content (AvgIpc) is 3.57. The van der Waals surface area contributed by atoms with Gasteiger partial charge >= 0.3 is 11.9 Å². The van der Waals surface area contributed by atoms with Gasteiger partial charge < -0.3 is 30.6 Å². The van der Waals surface area contributed by atoms with Gasteiger partial charge in [0.25, 0.3) is 0 Å². The lowest BCUT2D eigenvalue weighted by Crippen LogP contribution is -2.38. The van der Waals surface area contributed by atoms with Crippen molar-refractivity contribution in [2.24, 2.45) is 0 Å². The second-order valence-electron chi connectivity index (χ2n) is 15.7. The minimum Gasteiger partial charge on any atom is -0.496 e. The SMILES string of the molecule is CCCCC(CC(=O)OC(C)(C)C)NC(=O)CCc1nc(N)nc(N[C@@H](CCCC)CC(=O)OC(C)(C)C)c1Cc1cc(Cc2nn[nH]n2)ccc1OC. The van der Waals surface area contributed by atoms with Gasteiger partial charge in [0.2, 0.25) is 11.9 Å². The smallest absolute Gasteiger partial charge is 0.308 e. The Hall–Kier alpha value is -4.82. The first-order valence-corrected chi connectivity index (χ1v) is 19.0. The molecule has 3 rings (SSSR count). The standard InChI is InChI=1S/C39H61N9O6/c1-10-12-14-27(23-34(50)53-38(3,4)5)41-33(49)19-17-30-29(22-26-20-25(16-18-31(26)52-9)21-32-45-47-48-46-32)36(44-37(40)43-30)42-28(15-13-11-2)24-35(51)54-39(6,7)8/h16,18,20,27-28H,10-15,17,19,21-24H2,1-9H3,(H,41,49)(H3,40,42,43,44)(H,45,46,47,48)/t27?,28-/m0/s1. The molecule has 0 bridgehead atoms. The summed E-state index contributed by atoms with van der Waals surface area (Å²) in [5.41, 5.74) is 8.16. The van der Waals surface area contributed by atoms with Gasteiger partial charge in [-0.1, -0.05) is 56.9 Å². The van der Waals surface area contributed by atoms with Crippen LogP contribution in [-0.2, 0) is 43.1 Å². The zero-order valence-corrected chi connectivity index (χ0v) is 33.6. The van der Waals surface area contributed by atoms with Crippen molar-refractivity contribution in [3.05, 3.63) is 46.4 Å². The van der Waals surface area contributed by atoms with Crippen LogP contribution in [0.3, 0.4) is 0 Å². The average molecular weight is 752 g/mol. The molecule has 0 radical (unpaired) electrons. The number of nitrogen functional groups attached to an aromatic ring is 1. The van der Waals surface area contributed by atoms with Gasteiger partial charge in [0.15, 0.2) is 5.82 Å². The summed E-state index contributed by atoms with van der Waals surface area (Å²) in [5, 5.41) is 20.9. The molecule has 2 aromatic heterocycles. The Morgan fingerprint density at radius 2 is 1.52 bits per heavy atom. The normalized spacial score (nSPS) is 12.8. The number of amides is 1. The van der Waals surface area contributed by atoms with Crippen LogP contribution in [0.25, 0.3) is 0 Å². The number of nitrogens with two attached hydrogens (primary N) is 1. The Morgan fingerprint density at radius 3 is 2.09 bits per heavy atom. The molecule has 5 N–H and O–H groups in total. The van der Waals surface area contributed by atoms with Crippen molar-refractivity contribution in [3.8, 4) is 5.75 Å². The number of nitrogens with one attached hydrogen (secondary N) is 3. The van der Waals surface area contributed by atoms with E-state index in [2.05, 4.69) is 55.1 Å². The Bertz CT molecular complexity index is 1650. The molecule has 54 heavy (non-hydrogen) atoms. The number of benzene rings is 1. The number of unbranched alkanes of at least 4 members (excludes halogenated alkanes) is 2. The maximum Gasteiger partial charge on any atom is 0.308 e. The maximum absolute atomic E-state index is 13.5. The third-order valence-electron chi connectivity index (χ3n) is 8.35. The lowest BCUT2D eigenvalue weighted by atomic mass is 9.97. The summed E-state index contributed by atoms with van der Waals surface area (Å²) in [6.07, 6.45) is 6.24. The van der Waals surface area contributed by atoms with Crippen molar-refractivity contribution in [1.82, 2.24) is 35.9 Å². The van der Waals surface area contributed by atoms with Gasteiger partial charge in [-0.25, -0.2) is 4.98 Å². The number of methoxy groups -OCH3 is 1. The van der Waals surface area contributed by atoms with Crippen LogP contribution in [0.2, 0.25) is 0 Å². The van der Waals surface area contributed by atoms with Crippen molar-refractivity contribution in [1.29, 1.82) is 0 Å². The molecule has 1 unspecified atom stereocenters. The number of aryl methyl sites for hydroxylation is 1. The minimum absolute atomic E-state index is 0.0340. The first-order chi connectivity index (χ1) is 25.5. The highest BCUT2D eigenvalue weighted by Crippen LogP contribution is 2.30. The number of esters is 2. The third-order valence-corrected chi connectivity index (χ3v) is 8.35. The molecule has 1 aromatic carbocycles. The number of rotatable bonds is 21. The van der Waals surface area contributed by atoms with Crippen LogP contribution >= 0.6 is 0 Å². The second-order valence-corrected chi connectivity index (χ2v) is 15.7. The Morgan fingerprint density at radius 1 is 0.889 bits per heavy atom. The topological polar surface area (TPSA) is 209 Å². The van der Waals surface area contributed by atoms with Crippen LogP contribution in [0.5, 0.6) is 5.75 Å². The summed E-state index contributed by atoms with van der Waals surface area (Å²) in [6.45, 7) is 15.1. The van der Waals surface area contributed by atoms with E-state index in [9.17, 15) is 14.4 Å². The molecule has 0 fully saturated rings.